The molecule has 160 valence electrons. The average molecular weight is 393 g/mol. The Balaban J connectivity index is 0. The molecule has 1 rings (SSSR count). The van der Waals surface area contributed by atoms with Gasteiger partial charge in [-0.05, 0) is 75.8 Å². The van der Waals surface area contributed by atoms with Gasteiger partial charge >= 0.3 is 0 Å². The Labute approximate surface area is 182 Å². The average Bonchev–Trinajstić information content (AvgIpc) is 2.74. The van der Waals surface area contributed by atoms with Gasteiger partial charge in [-0.25, -0.2) is 0 Å². The highest BCUT2D eigenvalue weighted by Crippen LogP contribution is 2.25. The van der Waals surface area contributed by atoms with Crippen LogP contribution in [0.3, 0.4) is 0 Å². The van der Waals surface area contributed by atoms with E-state index in [9.17, 15) is 0 Å². The summed E-state index contributed by atoms with van der Waals surface area (Å²) < 4.78 is 0. The van der Waals surface area contributed by atoms with Crippen molar-refractivity contribution < 1.29 is 0 Å². The molecule has 0 aliphatic rings. The van der Waals surface area contributed by atoms with Gasteiger partial charge < -0.3 is 0 Å². The maximum Gasteiger partial charge on any atom is -0.00256 e. The second-order valence-corrected chi connectivity index (χ2v) is 6.71. The molecule has 0 nitrogen and oxygen atoms in total. The molecule has 0 N–H and O–H groups in total. The van der Waals surface area contributed by atoms with Crippen LogP contribution < -0.4 is 0 Å². The van der Waals surface area contributed by atoms with Gasteiger partial charge in [-0.1, -0.05) is 106 Å². The van der Waals surface area contributed by atoms with Gasteiger partial charge in [0.25, 0.3) is 0 Å². The lowest BCUT2D eigenvalue weighted by Gasteiger charge is -2.10. The molecule has 0 spiro atoms. The van der Waals surface area contributed by atoms with Crippen LogP contribution in [0, 0.1) is 0 Å². The van der Waals surface area contributed by atoms with Crippen molar-refractivity contribution in [1.82, 2.24) is 0 Å². The van der Waals surface area contributed by atoms with E-state index in [0.29, 0.717) is 0 Å². The fraction of sp³-hybridized carbons (Fsp3) is 0.379. The molecule has 1 aromatic carbocycles. The normalized spacial score (nSPS) is 11.9. The highest BCUT2D eigenvalue weighted by molar-refractivity contribution is 5.71. The van der Waals surface area contributed by atoms with Crippen LogP contribution in [0.25, 0.3) is 11.1 Å². The molecule has 0 aliphatic heterocycles. The lowest BCUT2D eigenvalue weighted by Crippen LogP contribution is -1.89. The van der Waals surface area contributed by atoms with Crippen LogP contribution in [-0.4, -0.2) is 0 Å². The monoisotopic (exact) mass is 392 g/mol. The second-order valence-electron chi connectivity index (χ2n) is 6.71. The molecule has 0 atom stereocenters. The minimum absolute atomic E-state index is 0.864. The van der Waals surface area contributed by atoms with Crippen molar-refractivity contribution in [2.75, 3.05) is 0 Å². The summed E-state index contributed by atoms with van der Waals surface area (Å²) >= 11 is 0. The number of benzene rings is 1. The van der Waals surface area contributed by atoms with Crippen molar-refractivity contribution in [2.24, 2.45) is 0 Å². The minimum Gasteiger partial charge on any atom is -0.0949 e. The Morgan fingerprint density at radius 3 is 1.79 bits per heavy atom. The quantitative estimate of drug-likeness (QED) is 0.405. The van der Waals surface area contributed by atoms with Gasteiger partial charge in [0, 0.05) is 0 Å². The van der Waals surface area contributed by atoms with Crippen LogP contribution in [0.15, 0.2) is 84.0 Å². The summed E-state index contributed by atoms with van der Waals surface area (Å²) in [6.45, 7) is 25.0. The third kappa shape index (κ3) is 12.7. The first-order valence-corrected chi connectivity index (χ1v) is 10.9. The predicted molar refractivity (Wildman–Crippen MR) is 138 cm³/mol. The molecule has 0 heterocycles. The van der Waals surface area contributed by atoms with Gasteiger partial charge in [-0.3, -0.25) is 0 Å². The van der Waals surface area contributed by atoms with E-state index in [2.05, 4.69) is 95.8 Å². The van der Waals surface area contributed by atoms with Gasteiger partial charge in [0.15, 0.2) is 0 Å². The topological polar surface area (TPSA) is 0 Å². The SMILES string of the molecule is C=C(C/C(C=C(C)C)=C/C(C)=C/C)c1ccc(/C(C)=C/C=C\C)cc1.CC.CC. The summed E-state index contributed by atoms with van der Waals surface area (Å²) in [6.07, 6.45) is 13.7. The van der Waals surface area contributed by atoms with Gasteiger partial charge in [-0.15, -0.1) is 0 Å². The largest absolute Gasteiger partial charge is 0.0949 e. The van der Waals surface area contributed by atoms with Crippen LogP contribution in [-0.2, 0) is 0 Å². The maximum atomic E-state index is 4.31. The highest BCUT2D eigenvalue weighted by atomic mass is 14.1. The number of hydrogen-bond acceptors (Lipinski definition) is 0. The van der Waals surface area contributed by atoms with Crippen LogP contribution in [0.5, 0.6) is 0 Å². The highest BCUT2D eigenvalue weighted by Gasteiger charge is 2.04. The Kier molecular flexibility index (Phi) is 17.7. The zero-order chi connectivity index (χ0) is 22.8. The van der Waals surface area contributed by atoms with Gasteiger partial charge in [0.2, 0.25) is 0 Å². The molecular weight excluding hydrogens is 348 g/mol. The van der Waals surface area contributed by atoms with Crippen molar-refractivity contribution in [2.45, 2.75) is 75.7 Å². The summed E-state index contributed by atoms with van der Waals surface area (Å²) in [4.78, 5) is 0. The van der Waals surface area contributed by atoms with E-state index in [1.807, 2.05) is 40.7 Å². The standard InChI is InChI=1S/C25H32.2C2H6/c1-8-10-11-21(6)24-12-14-25(15-13-24)22(7)18-23(16-19(3)4)17-20(5)9-2;2*1-2/h8-17H,7,18H2,1-6H3;2*1-2H3/b10-8-,20-9+,21-11+,23-17+;;. The molecule has 29 heavy (non-hydrogen) atoms. The predicted octanol–water partition coefficient (Wildman–Crippen LogP) is 9.98. The van der Waals surface area contributed by atoms with Crippen molar-refractivity contribution in [3.05, 3.63) is 95.1 Å². The first-order chi connectivity index (χ1) is 13.9. The van der Waals surface area contributed by atoms with Crippen molar-refractivity contribution in [3.8, 4) is 0 Å². The van der Waals surface area contributed by atoms with E-state index in [4.69, 9.17) is 0 Å². The number of hydrogen-bond donors (Lipinski definition) is 0. The second kappa shape index (κ2) is 17.7. The third-order valence-electron chi connectivity index (χ3n) is 4.05. The maximum absolute atomic E-state index is 4.31. The van der Waals surface area contributed by atoms with Crippen LogP contribution >= 0.6 is 0 Å². The fourth-order valence-electron chi connectivity index (χ4n) is 2.54. The summed E-state index contributed by atoms with van der Waals surface area (Å²) in [5.41, 5.74) is 8.75. The Hall–Kier alpha value is -2.34. The van der Waals surface area contributed by atoms with Gasteiger partial charge in [0.05, 0.1) is 0 Å². The zero-order valence-corrected chi connectivity index (χ0v) is 20.7. The first-order valence-electron chi connectivity index (χ1n) is 10.9. The Morgan fingerprint density at radius 1 is 0.828 bits per heavy atom. The smallest absolute Gasteiger partial charge is 0.00256 e. The molecule has 0 fully saturated rings. The summed E-state index contributed by atoms with van der Waals surface area (Å²) in [5, 5.41) is 0. The van der Waals surface area contributed by atoms with E-state index in [-0.39, 0.29) is 0 Å². The molecule has 0 saturated carbocycles. The molecule has 0 unspecified atom stereocenters. The molecule has 0 amide bonds. The van der Waals surface area contributed by atoms with E-state index in [1.165, 1.54) is 33.4 Å². The molecule has 0 bridgehead atoms. The van der Waals surface area contributed by atoms with Crippen LogP contribution in [0.4, 0.5) is 0 Å². The fourth-order valence-corrected chi connectivity index (χ4v) is 2.54. The van der Waals surface area contributed by atoms with Gasteiger partial charge in [0.1, 0.15) is 0 Å². The lowest BCUT2D eigenvalue weighted by atomic mass is 9.95. The number of allylic oxidation sites excluding steroid dienone is 11. The van der Waals surface area contributed by atoms with E-state index < -0.39 is 0 Å². The van der Waals surface area contributed by atoms with Gasteiger partial charge in [-0.2, -0.15) is 0 Å². The zero-order valence-electron chi connectivity index (χ0n) is 20.7. The molecule has 0 aliphatic carbocycles. The molecule has 1 aromatic rings. The van der Waals surface area contributed by atoms with Crippen LogP contribution in [0.1, 0.15) is 86.8 Å². The van der Waals surface area contributed by atoms with Crippen molar-refractivity contribution in [3.63, 3.8) is 0 Å². The lowest BCUT2D eigenvalue weighted by molar-refractivity contribution is 1.24. The molecule has 0 radical (unpaired) electrons. The van der Waals surface area contributed by atoms with Crippen LogP contribution in [0.2, 0.25) is 0 Å². The molecule has 0 saturated heterocycles. The van der Waals surface area contributed by atoms with Crippen molar-refractivity contribution >= 4 is 11.1 Å². The van der Waals surface area contributed by atoms with E-state index in [0.717, 1.165) is 12.0 Å². The molecule has 0 heteroatoms. The summed E-state index contributed by atoms with van der Waals surface area (Å²) in [5.74, 6) is 0. The Morgan fingerprint density at radius 2 is 1.34 bits per heavy atom. The van der Waals surface area contributed by atoms with E-state index >= 15 is 0 Å². The minimum atomic E-state index is 0.864. The third-order valence-corrected chi connectivity index (χ3v) is 4.05. The van der Waals surface area contributed by atoms with Crippen molar-refractivity contribution in [1.29, 1.82) is 0 Å². The summed E-state index contributed by atoms with van der Waals surface area (Å²) in [6, 6.07) is 8.70. The summed E-state index contributed by atoms with van der Waals surface area (Å²) in [7, 11) is 0. The molecular formula is C29H44. The first kappa shape index (κ1) is 28.9. The number of rotatable bonds is 7. The van der Waals surface area contributed by atoms with E-state index in [1.54, 1.807) is 0 Å². The Bertz CT molecular complexity index is 725. The molecule has 0 aromatic heterocycles.